The summed E-state index contributed by atoms with van der Waals surface area (Å²) < 4.78 is 5.57. The molecule has 0 aliphatic carbocycles. The van der Waals surface area contributed by atoms with Gasteiger partial charge in [0.15, 0.2) is 0 Å². The minimum absolute atomic E-state index is 0.0391. The zero-order valence-electron chi connectivity index (χ0n) is 12.4. The molecule has 3 rings (SSSR count). The molecule has 2 atom stereocenters. The number of morpholine rings is 1. The van der Waals surface area contributed by atoms with Crippen LogP contribution in [0, 0.1) is 0 Å². The molecule has 5 heteroatoms. The predicted octanol–water partition coefficient (Wildman–Crippen LogP) is 1.82. The number of amides is 2. The maximum absolute atomic E-state index is 12.7. The number of nitrogens with one attached hydrogen (secondary N) is 1. The molecule has 1 aromatic carbocycles. The quantitative estimate of drug-likeness (QED) is 0.857. The van der Waals surface area contributed by atoms with E-state index in [9.17, 15) is 9.59 Å². The van der Waals surface area contributed by atoms with Crippen molar-refractivity contribution in [1.29, 1.82) is 0 Å². The van der Waals surface area contributed by atoms with Crippen LogP contribution in [0.25, 0.3) is 0 Å². The SMILES string of the molecule is C[C@@H]1CO[C@@H](C)CN1C(=O)c1ccc2c(c1)CCC(=O)N2. The second kappa shape index (κ2) is 5.48. The smallest absolute Gasteiger partial charge is 0.254 e. The standard InChI is InChI=1S/C16H20N2O3/c1-10-9-21-11(2)8-18(10)16(20)13-3-5-14-12(7-13)4-6-15(19)17-14/h3,5,7,10-11H,4,6,8-9H2,1-2H3,(H,17,19)/t10-,11+/m1/s1. The van der Waals surface area contributed by atoms with Gasteiger partial charge in [-0.05, 0) is 44.0 Å². The summed E-state index contributed by atoms with van der Waals surface area (Å²) in [6, 6.07) is 5.61. The van der Waals surface area contributed by atoms with Crippen LogP contribution in [0.4, 0.5) is 5.69 Å². The third-order valence-electron chi connectivity index (χ3n) is 4.12. The highest BCUT2D eigenvalue weighted by atomic mass is 16.5. The van der Waals surface area contributed by atoms with Crippen LogP contribution in [-0.2, 0) is 16.0 Å². The molecule has 0 bridgehead atoms. The Bertz CT molecular complexity index is 585. The Balaban J connectivity index is 1.83. The second-order valence-corrected chi connectivity index (χ2v) is 5.87. The topological polar surface area (TPSA) is 58.6 Å². The zero-order valence-corrected chi connectivity index (χ0v) is 12.4. The van der Waals surface area contributed by atoms with Gasteiger partial charge in [0.1, 0.15) is 0 Å². The Labute approximate surface area is 124 Å². The number of rotatable bonds is 1. The van der Waals surface area contributed by atoms with Gasteiger partial charge in [-0.15, -0.1) is 0 Å². The number of carbonyl (C=O) groups is 2. The second-order valence-electron chi connectivity index (χ2n) is 5.87. The van der Waals surface area contributed by atoms with E-state index in [1.807, 2.05) is 30.9 Å². The average Bonchev–Trinajstić information content (AvgIpc) is 2.48. The first-order chi connectivity index (χ1) is 10.0. The summed E-state index contributed by atoms with van der Waals surface area (Å²) in [5, 5.41) is 2.84. The Morgan fingerprint density at radius 2 is 2.14 bits per heavy atom. The third-order valence-corrected chi connectivity index (χ3v) is 4.12. The fraction of sp³-hybridized carbons (Fsp3) is 0.500. The minimum Gasteiger partial charge on any atom is -0.375 e. The maximum atomic E-state index is 12.7. The molecule has 0 radical (unpaired) electrons. The molecule has 112 valence electrons. The normalized spacial score (nSPS) is 25.2. The summed E-state index contributed by atoms with van der Waals surface area (Å²) >= 11 is 0. The van der Waals surface area contributed by atoms with E-state index in [-0.39, 0.29) is 24.0 Å². The predicted molar refractivity (Wildman–Crippen MR) is 79.3 cm³/mol. The monoisotopic (exact) mass is 288 g/mol. The summed E-state index contributed by atoms with van der Waals surface area (Å²) in [5.41, 5.74) is 2.55. The van der Waals surface area contributed by atoms with Gasteiger partial charge in [-0.1, -0.05) is 0 Å². The van der Waals surface area contributed by atoms with E-state index in [1.165, 1.54) is 0 Å². The maximum Gasteiger partial charge on any atom is 0.254 e. The van der Waals surface area contributed by atoms with Crippen molar-refractivity contribution < 1.29 is 14.3 Å². The van der Waals surface area contributed by atoms with E-state index < -0.39 is 0 Å². The van der Waals surface area contributed by atoms with E-state index >= 15 is 0 Å². The molecule has 0 unspecified atom stereocenters. The van der Waals surface area contributed by atoms with Crippen molar-refractivity contribution in [3.63, 3.8) is 0 Å². The summed E-state index contributed by atoms with van der Waals surface area (Å²) in [7, 11) is 0. The van der Waals surface area contributed by atoms with Gasteiger partial charge in [0.05, 0.1) is 18.8 Å². The molecule has 0 spiro atoms. The number of anilines is 1. The zero-order chi connectivity index (χ0) is 15.0. The first kappa shape index (κ1) is 14.1. The first-order valence-electron chi connectivity index (χ1n) is 7.40. The van der Waals surface area contributed by atoms with Gasteiger partial charge in [-0.3, -0.25) is 9.59 Å². The lowest BCUT2D eigenvalue weighted by molar-refractivity contribution is -0.116. The molecule has 1 N–H and O–H groups in total. The Kier molecular flexibility index (Phi) is 3.68. The molecule has 0 saturated carbocycles. The summed E-state index contributed by atoms with van der Waals surface area (Å²) in [5.74, 6) is 0.0783. The Hall–Kier alpha value is -1.88. The lowest BCUT2D eigenvalue weighted by Gasteiger charge is -2.37. The van der Waals surface area contributed by atoms with Crippen molar-refractivity contribution in [2.75, 3.05) is 18.5 Å². The van der Waals surface area contributed by atoms with Gasteiger partial charge < -0.3 is 15.0 Å². The molecule has 2 aliphatic rings. The number of hydrogen-bond acceptors (Lipinski definition) is 3. The van der Waals surface area contributed by atoms with Gasteiger partial charge >= 0.3 is 0 Å². The molecule has 1 aromatic rings. The molecule has 5 nitrogen and oxygen atoms in total. The third kappa shape index (κ3) is 2.78. The van der Waals surface area contributed by atoms with Crippen LogP contribution in [0.1, 0.15) is 36.2 Å². The van der Waals surface area contributed by atoms with Crippen LogP contribution in [0.3, 0.4) is 0 Å². The molecule has 1 fully saturated rings. The fourth-order valence-corrected chi connectivity index (χ4v) is 2.87. The first-order valence-corrected chi connectivity index (χ1v) is 7.40. The number of benzene rings is 1. The lowest BCUT2D eigenvalue weighted by atomic mass is 9.99. The highest BCUT2D eigenvalue weighted by Gasteiger charge is 2.28. The molecule has 21 heavy (non-hydrogen) atoms. The number of ether oxygens (including phenoxy) is 1. The van der Waals surface area contributed by atoms with Crippen LogP contribution in [-0.4, -0.2) is 42.0 Å². The van der Waals surface area contributed by atoms with Crippen LogP contribution in [0.15, 0.2) is 18.2 Å². The summed E-state index contributed by atoms with van der Waals surface area (Å²) in [6.07, 6.45) is 1.24. The molecule has 2 heterocycles. The highest BCUT2D eigenvalue weighted by Crippen LogP contribution is 2.25. The summed E-state index contributed by atoms with van der Waals surface area (Å²) in [6.45, 7) is 5.18. The Morgan fingerprint density at radius 1 is 1.33 bits per heavy atom. The van der Waals surface area contributed by atoms with Crippen LogP contribution < -0.4 is 5.32 Å². The van der Waals surface area contributed by atoms with Crippen molar-refractivity contribution in [1.82, 2.24) is 4.90 Å². The molecule has 2 amide bonds. The summed E-state index contributed by atoms with van der Waals surface area (Å²) in [4.78, 5) is 25.9. The number of carbonyl (C=O) groups excluding carboxylic acids is 2. The van der Waals surface area contributed by atoms with Crippen molar-refractivity contribution in [3.8, 4) is 0 Å². The molecule has 2 aliphatic heterocycles. The van der Waals surface area contributed by atoms with Gasteiger partial charge in [0.2, 0.25) is 5.91 Å². The highest BCUT2D eigenvalue weighted by molar-refractivity contribution is 5.98. The Morgan fingerprint density at radius 3 is 2.95 bits per heavy atom. The van der Waals surface area contributed by atoms with E-state index in [0.717, 1.165) is 11.3 Å². The van der Waals surface area contributed by atoms with Crippen molar-refractivity contribution in [2.24, 2.45) is 0 Å². The van der Waals surface area contributed by atoms with E-state index in [4.69, 9.17) is 4.74 Å². The van der Waals surface area contributed by atoms with Crippen molar-refractivity contribution in [2.45, 2.75) is 38.8 Å². The number of nitrogens with zero attached hydrogens (tertiary/aromatic N) is 1. The van der Waals surface area contributed by atoms with Crippen LogP contribution >= 0.6 is 0 Å². The van der Waals surface area contributed by atoms with Crippen molar-refractivity contribution in [3.05, 3.63) is 29.3 Å². The number of hydrogen-bond donors (Lipinski definition) is 1. The fourth-order valence-electron chi connectivity index (χ4n) is 2.87. The van der Waals surface area contributed by atoms with Crippen LogP contribution in [0.5, 0.6) is 0 Å². The van der Waals surface area contributed by atoms with E-state index in [1.54, 1.807) is 6.07 Å². The molecule has 1 saturated heterocycles. The average molecular weight is 288 g/mol. The molecule has 0 aromatic heterocycles. The van der Waals surface area contributed by atoms with Crippen LogP contribution in [0.2, 0.25) is 0 Å². The number of fused-ring (bicyclic) bond motifs is 1. The van der Waals surface area contributed by atoms with E-state index in [2.05, 4.69) is 5.32 Å². The minimum atomic E-state index is 0.0391. The van der Waals surface area contributed by atoms with Crippen molar-refractivity contribution >= 4 is 17.5 Å². The largest absolute Gasteiger partial charge is 0.375 e. The van der Waals surface area contributed by atoms with Gasteiger partial charge in [0, 0.05) is 24.2 Å². The van der Waals surface area contributed by atoms with E-state index in [0.29, 0.717) is 31.6 Å². The molecular formula is C16H20N2O3. The van der Waals surface area contributed by atoms with Gasteiger partial charge in [-0.2, -0.15) is 0 Å². The number of aryl methyl sites for hydroxylation is 1. The lowest BCUT2D eigenvalue weighted by Crippen LogP contribution is -2.50. The van der Waals surface area contributed by atoms with Gasteiger partial charge in [-0.25, -0.2) is 0 Å². The van der Waals surface area contributed by atoms with Gasteiger partial charge in [0.25, 0.3) is 5.91 Å². The molecular weight excluding hydrogens is 268 g/mol.